The van der Waals surface area contributed by atoms with Crippen molar-refractivity contribution in [3.05, 3.63) is 99.6 Å². The molecule has 196 valence electrons. The SMILES string of the molecule is CCn1c(SCCCCNC(=O)c2cccc([N+](=O)[O-])c2)nc(-c2ccc(C)cc2)c1-c1ccc(C)cc1. The van der Waals surface area contributed by atoms with Crippen LogP contribution in [0.15, 0.2) is 78.0 Å². The van der Waals surface area contributed by atoms with Crippen LogP contribution in [0.2, 0.25) is 0 Å². The number of nitro benzene ring substituents is 1. The number of aromatic nitrogens is 2. The summed E-state index contributed by atoms with van der Waals surface area (Å²) in [5.74, 6) is 0.568. The highest BCUT2D eigenvalue weighted by Crippen LogP contribution is 2.36. The topological polar surface area (TPSA) is 90.1 Å². The summed E-state index contributed by atoms with van der Waals surface area (Å²) in [6.07, 6.45) is 1.70. The molecule has 3 aromatic carbocycles. The number of amides is 1. The molecule has 7 nitrogen and oxygen atoms in total. The fourth-order valence-electron chi connectivity index (χ4n) is 4.21. The third-order valence-electron chi connectivity index (χ3n) is 6.31. The number of rotatable bonds is 11. The molecule has 0 saturated heterocycles. The average Bonchev–Trinajstić information content (AvgIpc) is 3.29. The van der Waals surface area contributed by atoms with Crippen LogP contribution < -0.4 is 5.32 Å². The van der Waals surface area contributed by atoms with Crippen molar-refractivity contribution in [2.45, 2.75) is 45.3 Å². The van der Waals surface area contributed by atoms with Gasteiger partial charge in [-0.15, -0.1) is 0 Å². The number of unbranched alkanes of at least 4 members (excludes halogenated alkanes) is 1. The van der Waals surface area contributed by atoms with E-state index in [-0.39, 0.29) is 11.6 Å². The molecule has 0 spiro atoms. The van der Waals surface area contributed by atoms with Gasteiger partial charge >= 0.3 is 0 Å². The van der Waals surface area contributed by atoms with E-state index in [2.05, 4.69) is 79.2 Å². The summed E-state index contributed by atoms with van der Waals surface area (Å²) in [5, 5.41) is 14.8. The number of imidazole rings is 1. The summed E-state index contributed by atoms with van der Waals surface area (Å²) in [6.45, 7) is 7.64. The summed E-state index contributed by atoms with van der Waals surface area (Å²) < 4.78 is 2.29. The second-order valence-electron chi connectivity index (χ2n) is 9.19. The molecule has 0 fully saturated rings. The Kier molecular flexibility index (Phi) is 8.97. The van der Waals surface area contributed by atoms with Gasteiger partial charge in [0.2, 0.25) is 0 Å². The van der Waals surface area contributed by atoms with E-state index in [0.29, 0.717) is 12.1 Å². The standard InChI is InChI=1S/C30H32N4O3S/c1-4-33-28(24-16-12-22(3)13-17-24)27(23-14-10-21(2)11-15-23)32-30(33)38-19-6-5-18-31-29(35)25-8-7-9-26(20-25)34(36)37/h7-17,20H,4-6,18-19H2,1-3H3,(H,31,35). The van der Waals surface area contributed by atoms with Crippen LogP contribution in [0.3, 0.4) is 0 Å². The molecule has 1 amide bonds. The van der Waals surface area contributed by atoms with Crippen LogP contribution in [0.25, 0.3) is 22.5 Å². The van der Waals surface area contributed by atoms with E-state index in [1.54, 1.807) is 17.8 Å². The number of aryl methyl sites for hydroxylation is 2. The monoisotopic (exact) mass is 528 g/mol. The lowest BCUT2D eigenvalue weighted by Gasteiger charge is -2.11. The highest BCUT2D eigenvalue weighted by atomic mass is 32.2. The molecule has 4 aromatic rings. The molecule has 1 N–H and O–H groups in total. The second kappa shape index (κ2) is 12.6. The first-order valence-electron chi connectivity index (χ1n) is 12.8. The lowest BCUT2D eigenvalue weighted by atomic mass is 10.0. The molecule has 8 heteroatoms. The maximum Gasteiger partial charge on any atom is 0.270 e. The van der Waals surface area contributed by atoms with Crippen LogP contribution in [0, 0.1) is 24.0 Å². The highest BCUT2D eigenvalue weighted by molar-refractivity contribution is 7.99. The molecule has 0 atom stereocenters. The van der Waals surface area contributed by atoms with Crippen molar-refractivity contribution in [1.29, 1.82) is 0 Å². The van der Waals surface area contributed by atoms with Crippen LogP contribution >= 0.6 is 11.8 Å². The molecular formula is C30H32N4O3S. The summed E-state index contributed by atoms with van der Waals surface area (Å²) >= 11 is 1.73. The Morgan fingerprint density at radius 3 is 2.26 bits per heavy atom. The predicted molar refractivity (Wildman–Crippen MR) is 154 cm³/mol. The Bertz CT molecular complexity index is 1410. The quantitative estimate of drug-likeness (QED) is 0.0974. The lowest BCUT2D eigenvalue weighted by molar-refractivity contribution is -0.384. The van der Waals surface area contributed by atoms with Crippen molar-refractivity contribution in [3.63, 3.8) is 0 Å². The predicted octanol–water partition coefficient (Wildman–Crippen LogP) is 7.06. The maximum atomic E-state index is 12.4. The molecular weight excluding hydrogens is 496 g/mol. The molecule has 38 heavy (non-hydrogen) atoms. The molecule has 0 unspecified atom stereocenters. The van der Waals surface area contributed by atoms with Gasteiger partial charge in [0.1, 0.15) is 0 Å². The van der Waals surface area contributed by atoms with Gasteiger partial charge in [-0.05, 0) is 39.7 Å². The number of benzene rings is 3. The van der Waals surface area contributed by atoms with E-state index in [9.17, 15) is 14.9 Å². The molecule has 1 heterocycles. The minimum Gasteiger partial charge on any atom is -0.352 e. The number of hydrogen-bond acceptors (Lipinski definition) is 5. The summed E-state index contributed by atoms with van der Waals surface area (Å²) in [5.41, 5.74) is 7.01. The number of nitrogens with zero attached hydrogens (tertiary/aromatic N) is 3. The van der Waals surface area contributed by atoms with Gasteiger partial charge < -0.3 is 9.88 Å². The van der Waals surface area contributed by atoms with Crippen molar-refractivity contribution in [2.75, 3.05) is 12.3 Å². The number of thioether (sulfide) groups is 1. The zero-order valence-corrected chi connectivity index (χ0v) is 22.8. The van der Waals surface area contributed by atoms with Crippen LogP contribution in [0.4, 0.5) is 5.69 Å². The van der Waals surface area contributed by atoms with Crippen LogP contribution in [0.1, 0.15) is 41.3 Å². The van der Waals surface area contributed by atoms with E-state index < -0.39 is 4.92 Å². The Morgan fingerprint density at radius 1 is 0.974 bits per heavy atom. The minimum absolute atomic E-state index is 0.0875. The largest absolute Gasteiger partial charge is 0.352 e. The number of carbonyl (C=O) groups excluding carboxylic acids is 1. The second-order valence-corrected chi connectivity index (χ2v) is 10.2. The Balaban J connectivity index is 1.42. The first-order valence-corrected chi connectivity index (χ1v) is 13.8. The lowest BCUT2D eigenvalue weighted by Crippen LogP contribution is -2.24. The summed E-state index contributed by atoms with van der Waals surface area (Å²) in [4.78, 5) is 27.9. The van der Waals surface area contributed by atoms with E-state index in [1.165, 1.54) is 29.3 Å². The molecule has 0 radical (unpaired) electrons. The van der Waals surface area contributed by atoms with Crippen molar-refractivity contribution in [2.24, 2.45) is 0 Å². The first-order chi connectivity index (χ1) is 18.4. The molecule has 0 aliphatic heterocycles. The number of non-ortho nitro benzene ring substituents is 1. The van der Waals surface area contributed by atoms with Gasteiger partial charge in [-0.2, -0.15) is 0 Å². The van der Waals surface area contributed by atoms with Gasteiger partial charge in [0.25, 0.3) is 11.6 Å². The third-order valence-corrected chi connectivity index (χ3v) is 7.37. The summed E-state index contributed by atoms with van der Waals surface area (Å²) in [6, 6.07) is 22.9. The third kappa shape index (κ3) is 6.50. The fraction of sp³-hybridized carbons (Fsp3) is 0.267. The zero-order valence-electron chi connectivity index (χ0n) is 21.9. The molecule has 4 rings (SSSR count). The maximum absolute atomic E-state index is 12.4. The van der Waals surface area contributed by atoms with E-state index in [0.717, 1.165) is 52.8 Å². The highest BCUT2D eigenvalue weighted by Gasteiger charge is 2.19. The molecule has 0 aliphatic rings. The minimum atomic E-state index is -0.497. The Morgan fingerprint density at radius 2 is 1.63 bits per heavy atom. The van der Waals surface area contributed by atoms with Gasteiger partial charge in [-0.1, -0.05) is 77.5 Å². The molecule has 1 aromatic heterocycles. The van der Waals surface area contributed by atoms with Crippen LogP contribution in [-0.2, 0) is 6.54 Å². The van der Waals surface area contributed by atoms with Crippen molar-refractivity contribution >= 4 is 23.4 Å². The van der Waals surface area contributed by atoms with Gasteiger partial charge in [-0.25, -0.2) is 4.98 Å². The number of hydrogen-bond donors (Lipinski definition) is 1. The van der Waals surface area contributed by atoms with Gasteiger partial charge in [0.05, 0.1) is 16.3 Å². The van der Waals surface area contributed by atoms with Crippen LogP contribution in [-0.4, -0.2) is 32.7 Å². The average molecular weight is 529 g/mol. The van der Waals surface area contributed by atoms with Crippen molar-refractivity contribution < 1.29 is 9.72 Å². The number of nitrogens with one attached hydrogen (secondary N) is 1. The summed E-state index contributed by atoms with van der Waals surface area (Å²) in [7, 11) is 0. The van der Waals surface area contributed by atoms with Crippen molar-refractivity contribution in [1.82, 2.24) is 14.9 Å². The van der Waals surface area contributed by atoms with E-state index in [4.69, 9.17) is 4.98 Å². The molecule has 0 bridgehead atoms. The van der Waals surface area contributed by atoms with Crippen LogP contribution in [0.5, 0.6) is 0 Å². The fourth-order valence-corrected chi connectivity index (χ4v) is 5.27. The molecule has 0 saturated carbocycles. The molecule has 0 aliphatic carbocycles. The Labute approximate surface area is 227 Å². The first kappa shape index (κ1) is 27.1. The normalized spacial score (nSPS) is 10.9. The van der Waals surface area contributed by atoms with Gasteiger partial charge in [0, 0.05) is 47.7 Å². The number of nitro groups is 1. The van der Waals surface area contributed by atoms with Gasteiger partial charge in [0.15, 0.2) is 5.16 Å². The smallest absolute Gasteiger partial charge is 0.270 e. The van der Waals surface area contributed by atoms with Gasteiger partial charge in [-0.3, -0.25) is 14.9 Å². The van der Waals surface area contributed by atoms with E-state index in [1.807, 2.05) is 0 Å². The Hall–Kier alpha value is -3.91. The zero-order chi connectivity index (χ0) is 27.1. The van der Waals surface area contributed by atoms with Crippen molar-refractivity contribution in [3.8, 4) is 22.5 Å². The number of carbonyl (C=O) groups is 1. The van der Waals surface area contributed by atoms with E-state index >= 15 is 0 Å².